The molecule has 1 rings (SSSR count). The van der Waals surface area contributed by atoms with Crippen molar-refractivity contribution >= 4 is 17.7 Å². The van der Waals surface area contributed by atoms with Crippen molar-refractivity contribution in [1.82, 2.24) is 16.0 Å². The minimum absolute atomic E-state index is 0.103. The van der Waals surface area contributed by atoms with Crippen molar-refractivity contribution in [2.45, 2.75) is 53.6 Å². The minimum atomic E-state index is -0.199. The lowest BCUT2D eigenvalue weighted by Crippen LogP contribution is -2.39. The number of guanidine groups is 1. The van der Waals surface area contributed by atoms with E-state index in [9.17, 15) is 4.79 Å². The van der Waals surface area contributed by atoms with E-state index in [1.807, 2.05) is 45.0 Å². The second-order valence-electron chi connectivity index (χ2n) is 7.37. The highest BCUT2D eigenvalue weighted by atomic mass is 16.5. The lowest BCUT2D eigenvalue weighted by Gasteiger charge is -2.12. The fraction of sp³-hybridized carbons (Fsp3) is 0.619. The fourth-order valence-corrected chi connectivity index (χ4v) is 2.30. The Hall–Kier alpha value is -2.28. The van der Waals surface area contributed by atoms with Crippen LogP contribution < -0.4 is 21.3 Å². The molecule has 0 aromatic heterocycles. The minimum Gasteiger partial charge on any atom is -0.380 e. The van der Waals surface area contributed by atoms with Gasteiger partial charge < -0.3 is 26.0 Å². The molecule has 1 aromatic carbocycles. The van der Waals surface area contributed by atoms with Gasteiger partial charge in [-0.05, 0) is 50.8 Å². The van der Waals surface area contributed by atoms with E-state index in [2.05, 4.69) is 40.1 Å². The van der Waals surface area contributed by atoms with E-state index in [1.54, 1.807) is 0 Å². The predicted molar refractivity (Wildman–Crippen MR) is 117 cm³/mol. The molecule has 7 nitrogen and oxygen atoms in total. The third kappa shape index (κ3) is 11.4. The van der Waals surface area contributed by atoms with E-state index in [-0.39, 0.29) is 12.1 Å². The highest BCUT2D eigenvalue weighted by Gasteiger charge is 2.03. The Morgan fingerprint density at radius 1 is 1.07 bits per heavy atom. The number of nitrogens with one attached hydrogen (secondary N) is 4. The molecule has 28 heavy (non-hydrogen) atoms. The summed E-state index contributed by atoms with van der Waals surface area (Å²) in [5.41, 5.74) is 1.83. The normalized spacial score (nSPS) is 11.6. The summed E-state index contributed by atoms with van der Waals surface area (Å²) in [6, 6.07) is 7.60. The summed E-state index contributed by atoms with van der Waals surface area (Å²) in [6.07, 6.45) is 1.08. The van der Waals surface area contributed by atoms with Gasteiger partial charge in [0.1, 0.15) is 0 Å². The molecule has 0 fully saturated rings. The molecular weight excluding hydrogens is 354 g/mol. The van der Waals surface area contributed by atoms with Crippen molar-refractivity contribution in [3.8, 4) is 0 Å². The van der Waals surface area contributed by atoms with Gasteiger partial charge in [-0.1, -0.05) is 26.0 Å². The van der Waals surface area contributed by atoms with Crippen LogP contribution in [0.25, 0.3) is 0 Å². The van der Waals surface area contributed by atoms with Crippen molar-refractivity contribution < 1.29 is 9.53 Å². The molecule has 4 N–H and O–H groups in total. The third-order valence-electron chi connectivity index (χ3n) is 3.77. The summed E-state index contributed by atoms with van der Waals surface area (Å²) in [5.74, 6) is 1.44. The molecule has 0 aliphatic carbocycles. The van der Waals surface area contributed by atoms with E-state index in [0.29, 0.717) is 19.1 Å². The van der Waals surface area contributed by atoms with Gasteiger partial charge in [0.25, 0.3) is 0 Å². The lowest BCUT2D eigenvalue weighted by atomic mass is 10.1. The second-order valence-corrected chi connectivity index (χ2v) is 7.37. The summed E-state index contributed by atoms with van der Waals surface area (Å²) in [7, 11) is 0. The Morgan fingerprint density at radius 3 is 2.39 bits per heavy atom. The Balaban J connectivity index is 2.43. The van der Waals surface area contributed by atoms with Gasteiger partial charge in [-0.25, -0.2) is 9.79 Å². The first-order valence-corrected chi connectivity index (χ1v) is 10.2. The fourth-order valence-electron chi connectivity index (χ4n) is 2.30. The molecule has 0 spiro atoms. The van der Waals surface area contributed by atoms with Crippen LogP contribution in [0, 0.1) is 5.92 Å². The summed E-state index contributed by atoms with van der Waals surface area (Å²) in [6.45, 7) is 13.8. The monoisotopic (exact) mass is 391 g/mol. The van der Waals surface area contributed by atoms with Crippen LogP contribution in [0.1, 0.15) is 46.6 Å². The van der Waals surface area contributed by atoms with E-state index in [4.69, 9.17) is 4.74 Å². The summed E-state index contributed by atoms with van der Waals surface area (Å²) in [4.78, 5) is 16.3. The standard InChI is InChI=1S/C21H37N5O2/c1-6-22-20(23-12-14-28-13-11-16(2)3)24-15-18-7-9-19(10-8-18)26-21(27)25-17(4)5/h7-10,16-17H,6,11-15H2,1-5H3,(H2,22,23,24)(H2,25,26,27). The summed E-state index contributed by atoms with van der Waals surface area (Å²) in [5, 5.41) is 12.1. The molecule has 7 heteroatoms. The number of carbonyl (C=O) groups excluding carboxylic acids is 1. The number of amides is 2. The third-order valence-corrected chi connectivity index (χ3v) is 3.77. The van der Waals surface area contributed by atoms with Crippen LogP contribution in [0.15, 0.2) is 29.3 Å². The van der Waals surface area contributed by atoms with Crippen LogP contribution in [0.4, 0.5) is 10.5 Å². The molecule has 0 heterocycles. The smallest absolute Gasteiger partial charge is 0.319 e. The van der Waals surface area contributed by atoms with Crippen LogP contribution in [-0.2, 0) is 11.3 Å². The molecule has 0 saturated carbocycles. The first-order chi connectivity index (χ1) is 13.4. The second kappa shape index (κ2) is 13.8. The lowest BCUT2D eigenvalue weighted by molar-refractivity contribution is 0.128. The van der Waals surface area contributed by atoms with E-state index in [0.717, 1.165) is 43.3 Å². The van der Waals surface area contributed by atoms with Crippen molar-refractivity contribution in [1.29, 1.82) is 0 Å². The Labute approximate surface area is 169 Å². The molecule has 0 saturated heterocycles. The maximum absolute atomic E-state index is 11.7. The number of urea groups is 1. The SMILES string of the molecule is CCNC(=NCc1ccc(NC(=O)NC(C)C)cc1)NCCOCCC(C)C. The van der Waals surface area contributed by atoms with Crippen LogP contribution in [-0.4, -0.2) is 44.3 Å². The molecule has 0 aliphatic rings. The maximum Gasteiger partial charge on any atom is 0.319 e. The van der Waals surface area contributed by atoms with Crippen molar-refractivity contribution in [2.24, 2.45) is 10.9 Å². The van der Waals surface area contributed by atoms with Gasteiger partial charge in [0.05, 0.1) is 13.2 Å². The van der Waals surface area contributed by atoms with E-state index < -0.39 is 0 Å². The maximum atomic E-state index is 11.7. The molecule has 0 bridgehead atoms. The topological polar surface area (TPSA) is 86.8 Å². The molecule has 2 amide bonds. The largest absolute Gasteiger partial charge is 0.380 e. The van der Waals surface area contributed by atoms with Gasteiger partial charge in [-0.15, -0.1) is 0 Å². The zero-order chi connectivity index (χ0) is 20.8. The zero-order valence-electron chi connectivity index (χ0n) is 18.0. The number of aliphatic imine (C=N–C) groups is 1. The molecule has 158 valence electrons. The number of hydrogen-bond donors (Lipinski definition) is 4. The molecule has 0 aliphatic heterocycles. The van der Waals surface area contributed by atoms with Crippen molar-refractivity contribution in [2.75, 3.05) is 31.6 Å². The Bertz CT molecular complexity index is 585. The van der Waals surface area contributed by atoms with Crippen molar-refractivity contribution in [3.63, 3.8) is 0 Å². The zero-order valence-corrected chi connectivity index (χ0v) is 18.0. The Morgan fingerprint density at radius 2 is 1.79 bits per heavy atom. The predicted octanol–water partition coefficient (Wildman–Crippen LogP) is 3.33. The summed E-state index contributed by atoms with van der Waals surface area (Å²) < 4.78 is 5.62. The average Bonchev–Trinajstić information content (AvgIpc) is 2.62. The average molecular weight is 392 g/mol. The van der Waals surface area contributed by atoms with Crippen LogP contribution in [0.3, 0.4) is 0 Å². The molecule has 0 radical (unpaired) electrons. The number of hydrogen-bond acceptors (Lipinski definition) is 3. The number of rotatable bonds is 11. The number of anilines is 1. The summed E-state index contributed by atoms with van der Waals surface area (Å²) >= 11 is 0. The van der Waals surface area contributed by atoms with Gasteiger partial charge in [-0.2, -0.15) is 0 Å². The Kier molecular flexibility index (Phi) is 11.7. The first kappa shape index (κ1) is 23.8. The van der Waals surface area contributed by atoms with Crippen LogP contribution in [0.5, 0.6) is 0 Å². The van der Waals surface area contributed by atoms with Crippen LogP contribution in [0.2, 0.25) is 0 Å². The number of ether oxygens (including phenoxy) is 1. The number of benzene rings is 1. The molecule has 0 atom stereocenters. The van der Waals surface area contributed by atoms with Gasteiger partial charge in [0.15, 0.2) is 5.96 Å². The van der Waals surface area contributed by atoms with Gasteiger partial charge in [0.2, 0.25) is 0 Å². The molecular formula is C21H37N5O2. The number of nitrogens with zero attached hydrogens (tertiary/aromatic N) is 1. The van der Waals surface area contributed by atoms with Gasteiger partial charge in [0, 0.05) is 31.4 Å². The molecule has 1 aromatic rings. The van der Waals surface area contributed by atoms with E-state index in [1.165, 1.54) is 0 Å². The highest BCUT2D eigenvalue weighted by molar-refractivity contribution is 5.89. The molecule has 0 unspecified atom stereocenters. The quantitative estimate of drug-likeness (QED) is 0.265. The highest BCUT2D eigenvalue weighted by Crippen LogP contribution is 2.10. The number of carbonyl (C=O) groups is 1. The first-order valence-electron chi connectivity index (χ1n) is 10.2. The van der Waals surface area contributed by atoms with Crippen LogP contribution >= 0.6 is 0 Å². The van der Waals surface area contributed by atoms with Crippen molar-refractivity contribution in [3.05, 3.63) is 29.8 Å². The van der Waals surface area contributed by atoms with E-state index >= 15 is 0 Å². The van der Waals surface area contributed by atoms with Gasteiger partial charge >= 0.3 is 6.03 Å². The van der Waals surface area contributed by atoms with Gasteiger partial charge in [-0.3, -0.25) is 0 Å².